The van der Waals surface area contributed by atoms with Gasteiger partial charge in [0.05, 0.1) is 0 Å². The predicted octanol–water partition coefficient (Wildman–Crippen LogP) is 0.575. The molecule has 21 heavy (non-hydrogen) atoms. The van der Waals surface area contributed by atoms with E-state index >= 15 is 0 Å². The number of carboxylic acid groups (broad SMARTS) is 1. The summed E-state index contributed by atoms with van der Waals surface area (Å²) in [6, 6.07) is 5.98. The average Bonchev–Trinajstić information content (AvgIpc) is 2.47. The lowest BCUT2D eigenvalue weighted by atomic mass is 10.1. The molecule has 1 aliphatic rings. The van der Waals surface area contributed by atoms with Crippen LogP contribution in [0.25, 0.3) is 0 Å². The number of hydrogen-bond acceptors (Lipinski definition) is 4. The molecular formula is C14H16N2O4S. The molecular weight excluding hydrogens is 292 g/mol. The van der Waals surface area contributed by atoms with Crippen LogP contribution in [0, 0.1) is 0 Å². The van der Waals surface area contributed by atoms with Gasteiger partial charge in [0.15, 0.2) is 0 Å². The van der Waals surface area contributed by atoms with Gasteiger partial charge in [-0.25, -0.2) is 4.79 Å². The molecule has 7 heteroatoms. The molecule has 0 bridgehead atoms. The predicted molar refractivity (Wildman–Crippen MR) is 79.1 cm³/mol. The Labute approximate surface area is 126 Å². The minimum absolute atomic E-state index is 0.0650. The lowest BCUT2D eigenvalue weighted by molar-refractivity contribution is -0.144. The summed E-state index contributed by atoms with van der Waals surface area (Å²) in [6.07, 6.45) is 1.99. The molecule has 1 aliphatic heterocycles. The van der Waals surface area contributed by atoms with E-state index in [2.05, 4.69) is 5.32 Å². The number of amides is 2. The van der Waals surface area contributed by atoms with Crippen molar-refractivity contribution < 1.29 is 19.5 Å². The van der Waals surface area contributed by atoms with Crippen molar-refractivity contribution in [3.8, 4) is 0 Å². The first-order chi connectivity index (χ1) is 10.0. The summed E-state index contributed by atoms with van der Waals surface area (Å²) in [5.41, 5.74) is 1.48. The standard InChI is InChI=1S/C14H16N2O4S/c1-21-8-9-2-4-10(5-3-9)13(18)16-7-12(17)15-6-11(16)14(19)20/h2-5,11H,6-8H2,1H3,(H,15,17)(H,19,20). The fourth-order valence-electron chi connectivity index (χ4n) is 2.15. The Bertz CT molecular complexity index is 559. The molecule has 2 N–H and O–H groups in total. The second kappa shape index (κ2) is 6.62. The Kier molecular flexibility index (Phi) is 4.85. The average molecular weight is 308 g/mol. The molecule has 6 nitrogen and oxygen atoms in total. The lowest BCUT2D eigenvalue weighted by Crippen LogP contribution is -2.59. The van der Waals surface area contributed by atoms with Crippen molar-refractivity contribution in [1.29, 1.82) is 0 Å². The molecule has 1 heterocycles. The first-order valence-electron chi connectivity index (χ1n) is 6.41. The van der Waals surface area contributed by atoms with Crippen LogP contribution in [0.3, 0.4) is 0 Å². The first-order valence-corrected chi connectivity index (χ1v) is 7.80. The maximum Gasteiger partial charge on any atom is 0.328 e. The SMILES string of the molecule is CSCc1ccc(C(=O)N2CC(=O)NCC2C(=O)O)cc1. The van der Waals surface area contributed by atoms with Crippen molar-refractivity contribution in [2.24, 2.45) is 0 Å². The highest BCUT2D eigenvalue weighted by atomic mass is 32.2. The summed E-state index contributed by atoms with van der Waals surface area (Å²) in [5.74, 6) is -1.06. The largest absolute Gasteiger partial charge is 0.480 e. The van der Waals surface area contributed by atoms with Gasteiger partial charge >= 0.3 is 5.97 Å². The highest BCUT2D eigenvalue weighted by Gasteiger charge is 2.35. The maximum atomic E-state index is 12.4. The van der Waals surface area contributed by atoms with E-state index in [1.54, 1.807) is 23.9 Å². The summed E-state index contributed by atoms with van der Waals surface area (Å²) in [7, 11) is 0. The number of benzene rings is 1. The third kappa shape index (κ3) is 3.55. The molecule has 1 unspecified atom stereocenters. The van der Waals surface area contributed by atoms with Crippen LogP contribution >= 0.6 is 11.8 Å². The van der Waals surface area contributed by atoms with Crippen LogP contribution in [-0.4, -0.2) is 53.2 Å². The van der Waals surface area contributed by atoms with E-state index in [9.17, 15) is 14.4 Å². The summed E-state index contributed by atoms with van der Waals surface area (Å²) in [4.78, 5) is 36.1. The number of aliphatic carboxylic acids is 1. The summed E-state index contributed by atoms with van der Waals surface area (Å²) >= 11 is 1.68. The highest BCUT2D eigenvalue weighted by molar-refractivity contribution is 7.97. The van der Waals surface area contributed by atoms with E-state index in [1.165, 1.54) is 0 Å². The molecule has 0 spiro atoms. The van der Waals surface area contributed by atoms with E-state index in [4.69, 9.17) is 5.11 Å². The number of nitrogens with zero attached hydrogens (tertiary/aromatic N) is 1. The quantitative estimate of drug-likeness (QED) is 0.849. The molecule has 2 rings (SSSR count). The monoisotopic (exact) mass is 308 g/mol. The molecule has 0 saturated carbocycles. The maximum absolute atomic E-state index is 12.4. The number of nitrogens with one attached hydrogen (secondary N) is 1. The van der Waals surface area contributed by atoms with E-state index in [-0.39, 0.29) is 19.0 Å². The number of hydrogen-bond donors (Lipinski definition) is 2. The molecule has 1 atom stereocenters. The van der Waals surface area contributed by atoms with Crippen LogP contribution < -0.4 is 5.32 Å². The fourth-order valence-corrected chi connectivity index (χ4v) is 2.68. The minimum Gasteiger partial charge on any atom is -0.480 e. The Morgan fingerprint density at radius 1 is 1.38 bits per heavy atom. The van der Waals surface area contributed by atoms with Crippen LogP contribution in [0.4, 0.5) is 0 Å². The number of rotatable bonds is 4. The van der Waals surface area contributed by atoms with Crippen molar-refractivity contribution >= 4 is 29.5 Å². The summed E-state index contributed by atoms with van der Waals surface area (Å²) in [5, 5.41) is 11.6. The van der Waals surface area contributed by atoms with Gasteiger partial charge < -0.3 is 15.3 Å². The first kappa shape index (κ1) is 15.4. The number of carbonyl (C=O) groups is 3. The second-order valence-electron chi connectivity index (χ2n) is 4.72. The van der Waals surface area contributed by atoms with Crippen LogP contribution in [-0.2, 0) is 15.3 Å². The van der Waals surface area contributed by atoms with Gasteiger partial charge in [-0.05, 0) is 24.0 Å². The summed E-state index contributed by atoms with van der Waals surface area (Å²) < 4.78 is 0. The zero-order chi connectivity index (χ0) is 15.4. The molecule has 112 valence electrons. The van der Waals surface area contributed by atoms with Crippen molar-refractivity contribution in [2.45, 2.75) is 11.8 Å². The number of carboxylic acids is 1. The zero-order valence-corrected chi connectivity index (χ0v) is 12.4. The van der Waals surface area contributed by atoms with Crippen LogP contribution in [0.15, 0.2) is 24.3 Å². The van der Waals surface area contributed by atoms with Gasteiger partial charge in [0.2, 0.25) is 5.91 Å². The van der Waals surface area contributed by atoms with E-state index in [1.807, 2.05) is 18.4 Å². The Morgan fingerprint density at radius 2 is 2.05 bits per heavy atom. The molecule has 0 radical (unpaired) electrons. The third-order valence-electron chi connectivity index (χ3n) is 3.24. The van der Waals surface area contributed by atoms with Crippen molar-refractivity contribution in [3.05, 3.63) is 35.4 Å². The molecule has 1 aromatic carbocycles. The van der Waals surface area contributed by atoms with Gasteiger partial charge in [-0.15, -0.1) is 0 Å². The van der Waals surface area contributed by atoms with Gasteiger partial charge in [-0.2, -0.15) is 11.8 Å². The Hall–Kier alpha value is -2.02. The Morgan fingerprint density at radius 3 is 2.62 bits per heavy atom. The van der Waals surface area contributed by atoms with Gasteiger partial charge in [0.25, 0.3) is 5.91 Å². The molecule has 1 saturated heterocycles. The van der Waals surface area contributed by atoms with E-state index in [0.717, 1.165) is 16.2 Å². The molecule has 0 aliphatic carbocycles. The Balaban J connectivity index is 2.19. The number of piperazine rings is 1. The van der Waals surface area contributed by atoms with Gasteiger partial charge in [0, 0.05) is 17.9 Å². The third-order valence-corrected chi connectivity index (χ3v) is 3.86. The van der Waals surface area contributed by atoms with Crippen molar-refractivity contribution in [3.63, 3.8) is 0 Å². The molecule has 1 aromatic rings. The van der Waals surface area contributed by atoms with Crippen molar-refractivity contribution in [1.82, 2.24) is 10.2 Å². The summed E-state index contributed by atoms with van der Waals surface area (Å²) in [6.45, 7) is -0.299. The second-order valence-corrected chi connectivity index (χ2v) is 5.59. The minimum atomic E-state index is -1.12. The fraction of sp³-hybridized carbons (Fsp3) is 0.357. The van der Waals surface area contributed by atoms with E-state index < -0.39 is 17.9 Å². The topological polar surface area (TPSA) is 86.7 Å². The number of carbonyl (C=O) groups excluding carboxylic acids is 2. The van der Waals surface area contributed by atoms with Crippen LogP contribution in [0.5, 0.6) is 0 Å². The van der Waals surface area contributed by atoms with Gasteiger partial charge in [-0.3, -0.25) is 9.59 Å². The van der Waals surface area contributed by atoms with Crippen LogP contribution in [0.2, 0.25) is 0 Å². The van der Waals surface area contributed by atoms with E-state index in [0.29, 0.717) is 5.56 Å². The zero-order valence-electron chi connectivity index (χ0n) is 11.5. The molecule has 2 amide bonds. The molecule has 1 fully saturated rings. The normalized spacial score (nSPS) is 18.2. The number of thioether (sulfide) groups is 1. The van der Waals surface area contributed by atoms with Crippen molar-refractivity contribution in [2.75, 3.05) is 19.3 Å². The highest BCUT2D eigenvalue weighted by Crippen LogP contribution is 2.14. The van der Waals surface area contributed by atoms with Crippen LogP contribution in [0.1, 0.15) is 15.9 Å². The van der Waals surface area contributed by atoms with Gasteiger partial charge in [-0.1, -0.05) is 12.1 Å². The smallest absolute Gasteiger partial charge is 0.328 e. The van der Waals surface area contributed by atoms with Gasteiger partial charge in [0.1, 0.15) is 12.6 Å². The molecule has 0 aromatic heterocycles. The lowest BCUT2D eigenvalue weighted by Gasteiger charge is -2.32.